The van der Waals surface area contributed by atoms with Crippen molar-refractivity contribution >= 4 is 5.82 Å². The van der Waals surface area contributed by atoms with Gasteiger partial charge in [0.05, 0.1) is 12.7 Å². The minimum absolute atomic E-state index is 0.565. The van der Waals surface area contributed by atoms with Crippen LogP contribution < -0.4 is 10.6 Å². The summed E-state index contributed by atoms with van der Waals surface area (Å²) in [6.45, 7) is 6.05. The molecule has 1 aliphatic carbocycles. The van der Waals surface area contributed by atoms with Gasteiger partial charge in [0.1, 0.15) is 17.3 Å². The van der Waals surface area contributed by atoms with E-state index in [1.165, 1.54) is 12.2 Å². The van der Waals surface area contributed by atoms with Crippen molar-refractivity contribution in [2.45, 2.75) is 32.4 Å². The van der Waals surface area contributed by atoms with Crippen LogP contribution in [0.3, 0.4) is 0 Å². The van der Waals surface area contributed by atoms with Crippen LogP contribution in [-0.2, 0) is 13.1 Å². The van der Waals surface area contributed by atoms with Gasteiger partial charge < -0.3 is 15.1 Å². The fourth-order valence-corrected chi connectivity index (χ4v) is 3.13. The van der Waals surface area contributed by atoms with Crippen molar-refractivity contribution in [1.82, 2.24) is 15.1 Å². The molecule has 0 aromatic carbocycles. The molecule has 0 radical (unpaired) electrons. The molecule has 3 atom stereocenters. The molecule has 1 fully saturated rings. The highest BCUT2D eigenvalue weighted by molar-refractivity contribution is 5.35. The van der Waals surface area contributed by atoms with Crippen LogP contribution in [-0.4, -0.2) is 22.9 Å². The highest BCUT2D eigenvalue weighted by atomic mass is 16.3. The molecule has 1 saturated carbocycles. The van der Waals surface area contributed by atoms with Crippen LogP contribution >= 0.6 is 0 Å². The van der Waals surface area contributed by atoms with Gasteiger partial charge in [0.15, 0.2) is 0 Å². The molecule has 112 valence electrons. The van der Waals surface area contributed by atoms with Gasteiger partial charge in [0.2, 0.25) is 0 Å². The number of anilines is 1. The largest absolute Gasteiger partial charge is 0.464 e. The van der Waals surface area contributed by atoms with Crippen LogP contribution in [0.5, 0.6) is 0 Å². The number of hydrogen-bond acceptors (Lipinski definition) is 4. The Labute approximate surface area is 124 Å². The van der Waals surface area contributed by atoms with Crippen molar-refractivity contribution in [2.24, 2.45) is 11.8 Å². The van der Waals surface area contributed by atoms with Crippen LogP contribution in [0, 0.1) is 11.8 Å². The Kier molecular flexibility index (Phi) is 3.22. The van der Waals surface area contributed by atoms with Gasteiger partial charge in [-0.2, -0.15) is 5.10 Å². The van der Waals surface area contributed by atoms with E-state index in [4.69, 9.17) is 4.42 Å². The molecule has 0 spiro atoms. The number of nitrogens with one attached hydrogen (secondary N) is 2. The molecule has 0 amide bonds. The third-order valence-corrected chi connectivity index (χ3v) is 4.61. The molecule has 1 aliphatic heterocycles. The fourth-order valence-electron chi connectivity index (χ4n) is 3.13. The molecule has 0 bridgehead atoms. The maximum absolute atomic E-state index is 5.92. The lowest BCUT2D eigenvalue weighted by molar-refractivity contribution is 0.377. The van der Waals surface area contributed by atoms with Gasteiger partial charge in [0.25, 0.3) is 0 Å². The summed E-state index contributed by atoms with van der Waals surface area (Å²) < 4.78 is 7.95. The number of fused-ring (bicyclic) bond motifs is 1. The van der Waals surface area contributed by atoms with E-state index in [-0.39, 0.29) is 0 Å². The average molecular weight is 286 g/mol. The number of furan rings is 1. The van der Waals surface area contributed by atoms with Crippen LogP contribution in [0.4, 0.5) is 5.82 Å². The van der Waals surface area contributed by atoms with Gasteiger partial charge >= 0.3 is 0 Å². The summed E-state index contributed by atoms with van der Waals surface area (Å²) in [5.74, 6) is 5.37. The fraction of sp³-hybridized carbons (Fsp3) is 0.562. The molecule has 2 aromatic rings. The third kappa shape index (κ3) is 2.70. The van der Waals surface area contributed by atoms with Crippen LogP contribution in [0.25, 0.3) is 0 Å². The van der Waals surface area contributed by atoms with Crippen LogP contribution in [0.1, 0.15) is 30.8 Å². The minimum Gasteiger partial charge on any atom is -0.464 e. The van der Waals surface area contributed by atoms with Gasteiger partial charge in [-0.3, -0.25) is 0 Å². The Balaban J connectivity index is 1.25. The van der Waals surface area contributed by atoms with E-state index in [1.54, 1.807) is 0 Å². The Morgan fingerprint density at radius 3 is 3.19 bits per heavy atom. The lowest BCUT2D eigenvalue weighted by Gasteiger charge is -2.25. The zero-order valence-electron chi connectivity index (χ0n) is 12.4. The van der Waals surface area contributed by atoms with E-state index in [0.717, 1.165) is 43.7 Å². The molecule has 5 heteroatoms. The van der Waals surface area contributed by atoms with Crippen molar-refractivity contribution in [3.05, 3.63) is 35.9 Å². The molecular formula is C16H22N4O. The summed E-state index contributed by atoms with van der Waals surface area (Å²) in [7, 11) is 0. The highest BCUT2D eigenvalue weighted by Crippen LogP contribution is 2.47. The first-order valence-corrected chi connectivity index (χ1v) is 7.84. The van der Waals surface area contributed by atoms with E-state index in [0.29, 0.717) is 11.8 Å². The van der Waals surface area contributed by atoms with E-state index in [9.17, 15) is 0 Å². The predicted molar refractivity (Wildman–Crippen MR) is 81.1 cm³/mol. The lowest BCUT2D eigenvalue weighted by Crippen LogP contribution is -2.35. The van der Waals surface area contributed by atoms with Crippen molar-refractivity contribution in [1.29, 1.82) is 0 Å². The first-order chi connectivity index (χ1) is 10.3. The molecule has 0 unspecified atom stereocenters. The van der Waals surface area contributed by atoms with Gasteiger partial charge in [-0.15, -0.1) is 0 Å². The normalized spacial score (nSPS) is 27.2. The number of nitrogens with zero attached hydrogens (tertiary/aromatic N) is 2. The van der Waals surface area contributed by atoms with E-state index >= 15 is 0 Å². The van der Waals surface area contributed by atoms with Gasteiger partial charge in [-0.25, -0.2) is 4.68 Å². The summed E-state index contributed by atoms with van der Waals surface area (Å²) in [5, 5.41) is 11.2. The maximum atomic E-state index is 5.92. The Bertz CT molecular complexity index is 617. The summed E-state index contributed by atoms with van der Waals surface area (Å²) in [5.41, 5.74) is 0. The van der Waals surface area contributed by atoms with Crippen LogP contribution in [0.2, 0.25) is 0 Å². The number of aromatic nitrogens is 2. The van der Waals surface area contributed by atoms with Gasteiger partial charge in [0, 0.05) is 37.5 Å². The highest BCUT2D eigenvalue weighted by Gasteiger charge is 2.36. The topological polar surface area (TPSA) is 55.0 Å². The monoisotopic (exact) mass is 286 g/mol. The zero-order valence-corrected chi connectivity index (χ0v) is 12.4. The van der Waals surface area contributed by atoms with Crippen molar-refractivity contribution < 1.29 is 4.42 Å². The number of hydrogen-bond donors (Lipinski definition) is 2. The average Bonchev–Trinajstić information content (AvgIpc) is 2.93. The second-order valence-electron chi connectivity index (χ2n) is 6.40. The van der Waals surface area contributed by atoms with Crippen molar-refractivity contribution in [2.75, 3.05) is 18.4 Å². The second kappa shape index (κ2) is 5.22. The zero-order chi connectivity index (χ0) is 14.2. The Morgan fingerprint density at radius 2 is 2.33 bits per heavy atom. The second-order valence-corrected chi connectivity index (χ2v) is 6.40. The summed E-state index contributed by atoms with van der Waals surface area (Å²) in [6.07, 6.45) is 3.13. The standard InChI is InChI=1S/C16H22N4O/c1-11-6-14(11)15-3-2-13(21-15)9-17-7-12-8-18-16-4-5-19-20(16)10-12/h2-5,11-12,14,17-18H,6-10H2,1H3/t11-,12-,14-/m1/s1. The maximum Gasteiger partial charge on any atom is 0.124 e. The predicted octanol–water partition coefficient (Wildman–Crippen LogP) is 2.43. The first kappa shape index (κ1) is 13.0. The van der Waals surface area contributed by atoms with Crippen LogP contribution in [0.15, 0.2) is 28.8 Å². The molecule has 2 aromatic heterocycles. The van der Waals surface area contributed by atoms with E-state index in [1.807, 2.05) is 16.9 Å². The lowest BCUT2D eigenvalue weighted by atomic mass is 10.1. The third-order valence-electron chi connectivity index (χ3n) is 4.61. The molecule has 5 nitrogen and oxygen atoms in total. The molecule has 0 saturated heterocycles. The quantitative estimate of drug-likeness (QED) is 0.886. The summed E-state index contributed by atoms with van der Waals surface area (Å²) in [6, 6.07) is 6.27. The van der Waals surface area contributed by atoms with E-state index < -0.39 is 0 Å². The molecule has 4 rings (SSSR count). The van der Waals surface area contributed by atoms with Crippen molar-refractivity contribution in [3.63, 3.8) is 0 Å². The minimum atomic E-state index is 0.565. The molecule has 2 aliphatic rings. The number of rotatable bonds is 5. The first-order valence-electron chi connectivity index (χ1n) is 7.84. The smallest absolute Gasteiger partial charge is 0.124 e. The van der Waals surface area contributed by atoms with E-state index in [2.05, 4.69) is 34.8 Å². The van der Waals surface area contributed by atoms with Gasteiger partial charge in [-0.05, 0) is 24.5 Å². The molecular weight excluding hydrogens is 264 g/mol. The summed E-state index contributed by atoms with van der Waals surface area (Å²) >= 11 is 0. The van der Waals surface area contributed by atoms with Crippen molar-refractivity contribution in [3.8, 4) is 0 Å². The molecule has 2 N–H and O–H groups in total. The Morgan fingerprint density at radius 1 is 1.43 bits per heavy atom. The summed E-state index contributed by atoms with van der Waals surface area (Å²) in [4.78, 5) is 0. The molecule has 21 heavy (non-hydrogen) atoms. The SMILES string of the molecule is C[C@@H]1C[C@H]1c1ccc(CNC[C@@H]2CNc3ccnn3C2)o1. The Hall–Kier alpha value is -1.75. The van der Waals surface area contributed by atoms with Gasteiger partial charge in [-0.1, -0.05) is 6.92 Å². The molecule has 3 heterocycles.